The lowest BCUT2D eigenvalue weighted by Gasteiger charge is -2.29. The molecule has 15 heteroatoms. The fourth-order valence-electron chi connectivity index (χ4n) is 4.20. The standard InChI is InChI=1S/C26H20N6O7S2/c1-13-21(23(35)28-14-4-2-5-15(10-14)32(37)38)22(18-8-7-16(33)11-19(18)34)29-25(27-13)30-31-24(36)20(41-26(31)40)12-17-6-3-9-39-17/h2-12,21-22,33-34H,1H3,(H,28,35)(H,29,30)/b20-12+. The van der Waals surface area contributed by atoms with Crippen molar-refractivity contribution >= 4 is 69.2 Å². The lowest BCUT2D eigenvalue weighted by Crippen LogP contribution is -2.47. The number of phenols is 2. The minimum atomic E-state index is -1.07. The van der Waals surface area contributed by atoms with Crippen LogP contribution in [-0.2, 0) is 9.59 Å². The van der Waals surface area contributed by atoms with E-state index in [1.54, 1.807) is 25.1 Å². The second kappa shape index (κ2) is 11.2. The molecule has 2 atom stereocenters. The van der Waals surface area contributed by atoms with E-state index in [2.05, 4.69) is 20.7 Å². The zero-order valence-electron chi connectivity index (χ0n) is 21.0. The summed E-state index contributed by atoms with van der Waals surface area (Å²) in [6, 6.07) is 11.6. The van der Waals surface area contributed by atoms with Crippen molar-refractivity contribution in [3.63, 3.8) is 0 Å². The summed E-state index contributed by atoms with van der Waals surface area (Å²) in [6.07, 6.45) is 3.02. The van der Waals surface area contributed by atoms with Gasteiger partial charge in [0, 0.05) is 41.2 Å². The summed E-state index contributed by atoms with van der Waals surface area (Å²) in [4.78, 5) is 46.3. The minimum absolute atomic E-state index is 0.0603. The maximum absolute atomic E-state index is 13.5. The molecule has 0 aliphatic carbocycles. The molecule has 3 aromatic rings. The highest BCUT2D eigenvalue weighted by molar-refractivity contribution is 8.26. The van der Waals surface area contributed by atoms with E-state index in [9.17, 15) is 29.9 Å². The average Bonchev–Trinajstić information content (AvgIpc) is 3.52. The Bertz CT molecular complexity index is 1670. The van der Waals surface area contributed by atoms with E-state index in [0.717, 1.165) is 22.8 Å². The van der Waals surface area contributed by atoms with Crippen LogP contribution in [0.3, 0.4) is 0 Å². The Morgan fingerprint density at radius 2 is 2.02 bits per heavy atom. The summed E-state index contributed by atoms with van der Waals surface area (Å²) in [5, 5.41) is 35.3. The molecule has 2 aliphatic heterocycles. The molecular weight excluding hydrogens is 572 g/mol. The number of phenolic OH excluding ortho intramolecular Hbond substituents is 2. The molecule has 2 amide bonds. The van der Waals surface area contributed by atoms with Gasteiger partial charge in [-0.05, 0) is 49.5 Å². The van der Waals surface area contributed by atoms with Gasteiger partial charge in [-0.25, -0.2) is 9.98 Å². The van der Waals surface area contributed by atoms with Gasteiger partial charge in [0.15, 0.2) is 4.32 Å². The third kappa shape index (κ3) is 5.80. The summed E-state index contributed by atoms with van der Waals surface area (Å²) in [5.41, 5.74) is 3.22. The summed E-state index contributed by atoms with van der Waals surface area (Å²) in [7, 11) is 0. The van der Waals surface area contributed by atoms with Crippen molar-refractivity contribution in [3.05, 3.63) is 87.2 Å². The first-order valence-corrected chi connectivity index (χ1v) is 13.1. The molecule has 0 saturated carbocycles. The minimum Gasteiger partial charge on any atom is -0.508 e. The molecule has 5 rings (SSSR count). The summed E-state index contributed by atoms with van der Waals surface area (Å²) >= 11 is 6.41. The molecular formula is C26H20N6O7S2. The lowest BCUT2D eigenvalue weighted by atomic mass is 9.87. The Morgan fingerprint density at radius 3 is 2.73 bits per heavy atom. The number of hydrogen-bond acceptors (Lipinski definition) is 12. The SMILES string of the molecule is CC1=NC(NN2C(=O)/C(=C\c3ccco3)SC2=S)=NC(c2ccc(O)cc2O)C1C(=O)Nc1cccc([N+](=O)[O-])c1. The highest BCUT2D eigenvalue weighted by Gasteiger charge is 2.39. The van der Waals surface area contributed by atoms with Crippen molar-refractivity contribution in [1.82, 2.24) is 10.4 Å². The first kappa shape index (κ1) is 27.5. The number of aliphatic imine (C=N–C) groups is 2. The van der Waals surface area contributed by atoms with E-state index in [0.29, 0.717) is 10.7 Å². The van der Waals surface area contributed by atoms with Crippen LogP contribution in [0.15, 0.2) is 80.2 Å². The molecule has 1 aromatic heterocycles. The molecule has 4 N–H and O–H groups in total. The van der Waals surface area contributed by atoms with Crippen molar-refractivity contribution in [1.29, 1.82) is 0 Å². The molecule has 2 aromatic carbocycles. The second-order valence-corrected chi connectivity index (χ2v) is 10.5. The maximum Gasteiger partial charge on any atom is 0.285 e. The smallest absolute Gasteiger partial charge is 0.285 e. The number of hydrazine groups is 1. The number of amides is 2. The number of thioether (sulfide) groups is 1. The molecule has 208 valence electrons. The number of furan rings is 1. The molecule has 2 unspecified atom stereocenters. The van der Waals surface area contributed by atoms with Crippen molar-refractivity contribution < 1.29 is 29.1 Å². The highest BCUT2D eigenvalue weighted by atomic mass is 32.2. The van der Waals surface area contributed by atoms with Crippen LogP contribution < -0.4 is 10.7 Å². The number of rotatable bonds is 6. The van der Waals surface area contributed by atoms with Crippen LogP contribution in [0.5, 0.6) is 11.5 Å². The number of thiocarbonyl (C=S) groups is 1. The number of aromatic hydroxyl groups is 2. The van der Waals surface area contributed by atoms with Crippen LogP contribution >= 0.6 is 24.0 Å². The summed E-state index contributed by atoms with van der Waals surface area (Å²) in [6.45, 7) is 1.57. The zero-order valence-corrected chi connectivity index (χ0v) is 22.7. The van der Waals surface area contributed by atoms with Crippen LogP contribution in [-0.4, -0.2) is 48.0 Å². The molecule has 0 radical (unpaired) electrons. The number of guanidine groups is 1. The van der Waals surface area contributed by atoms with Crippen molar-refractivity contribution in [2.75, 3.05) is 5.32 Å². The molecule has 1 saturated heterocycles. The first-order valence-electron chi connectivity index (χ1n) is 11.9. The lowest BCUT2D eigenvalue weighted by molar-refractivity contribution is -0.384. The number of carbonyl (C=O) groups excluding carboxylic acids is 2. The number of hydrogen-bond donors (Lipinski definition) is 4. The van der Waals surface area contributed by atoms with Gasteiger partial charge < -0.3 is 19.9 Å². The topological polar surface area (TPSA) is 183 Å². The number of nitrogens with zero attached hydrogens (tertiary/aromatic N) is 4. The van der Waals surface area contributed by atoms with E-state index >= 15 is 0 Å². The third-order valence-electron chi connectivity index (χ3n) is 6.07. The van der Waals surface area contributed by atoms with Crippen molar-refractivity contribution in [2.45, 2.75) is 13.0 Å². The van der Waals surface area contributed by atoms with E-state index in [1.165, 1.54) is 42.7 Å². The average molecular weight is 593 g/mol. The summed E-state index contributed by atoms with van der Waals surface area (Å²) < 4.78 is 5.45. The molecule has 0 spiro atoms. The van der Waals surface area contributed by atoms with Gasteiger partial charge in [-0.3, -0.25) is 25.1 Å². The molecule has 1 fully saturated rings. The Morgan fingerprint density at radius 1 is 1.22 bits per heavy atom. The molecule has 3 heterocycles. The Kier molecular flexibility index (Phi) is 7.54. The number of nitrogens with one attached hydrogen (secondary N) is 2. The van der Waals surface area contributed by atoms with Crippen LogP contribution in [0, 0.1) is 16.0 Å². The Balaban J connectivity index is 1.45. The van der Waals surface area contributed by atoms with Crippen LogP contribution in [0.25, 0.3) is 6.08 Å². The molecule has 41 heavy (non-hydrogen) atoms. The largest absolute Gasteiger partial charge is 0.508 e. The number of non-ortho nitro benzene ring substituents is 1. The maximum atomic E-state index is 13.5. The number of anilines is 1. The van der Waals surface area contributed by atoms with Gasteiger partial charge in [-0.15, -0.1) is 0 Å². The van der Waals surface area contributed by atoms with Gasteiger partial charge in [0.1, 0.15) is 23.2 Å². The Labute approximate surface area is 241 Å². The summed E-state index contributed by atoms with van der Waals surface area (Å²) in [5.74, 6) is -2.26. The number of carbonyl (C=O) groups is 2. The fraction of sp³-hybridized carbons (Fsp3) is 0.115. The van der Waals surface area contributed by atoms with E-state index in [-0.39, 0.29) is 44.4 Å². The number of benzene rings is 2. The Hall–Kier alpha value is -5.02. The van der Waals surface area contributed by atoms with E-state index in [4.69, 9.17) is 16.6 Å². The van der Waals surface area contributed by atoms with Gasteiger partial charge in [-0.1, -0.05) is 17.8 Å². The van der Waals surface area contributed by atoms with Gasteiger partial charge >= 0.3 is 0 Å². The van der Waals surface area contributed by atoms with E-state index in [1.807, 2.05) is 0 Å². The van der Waals surface area contributed by atoms with Gasteiger partial charge in [0.2, 0.25) is 11.9 Å². The van der Waals surface area contributed by atoms with Crippen molar-refractivity contribution in [3.8, 4) is 11.5 Å². The van der Waals surface area contributed by atoms with Gasteiger partial charge in [0.05, 0.1) is 22.1 Å². The monoisotopic (exact) mass is 592 g/mol. The fourth-order valence-corrected chi connectivity index (χ4v) is 5.36. The van der Waals surface area contributed by atoms with E-state index < -0.39 is 28.7 Å². The highest BCUT2D eigenvalue weighted by Crippen LogP contribution is 2.38. The van der Waals surface area contributed by atoms with Crippen LogP contribution in [0.4, 0.5) is 11.4 Å². The van der Waals surface area contributed by atoms with Gasteiger partial charge in [0.25, 0.3) is 11.6 Å². The predicted octanol–water partition coefficient (Wildman–Crippen LogP) is 4.13. The quantitative estimate of drug-likeness (QED) is 0.140. The first-order chi connectivity index (χ1) is 19.6. The molecule has 13 nitrogen and oxygen atoms in total. The normalized spacial score (nSPS) is 19.6. The molecule has 0 bridgehead atoms. The number of nitro groups is 1. The predicted molar refractivity (Wildman–Crippen MR) is 155 cm³/mol. The third-order valence-corrected chi connectivity index (χ3v) is 7.37. The van der Waals surface area contributed by atoms with Crippen molar-refractivity contribution in [2.24, 2.45) is 15.9 Å². The second-order valence-electron chi connectivity index (χ2n) is 8.81. The molecule has 2 aliphatic rings. The van der Waals surface area contributed by atoms with Crippen LogP contribution in [0.2, 0.25) is 0 Å². The zero-order chi connectivity index (χ0) is 29.3. The van der Waals surface area contributed by atoms with Crippen LogP contribution in [0.1, 0.15) is 24.3 Å². The van der Waals surface area contributed by atoms with Gasteiger partial charge in [-0.2, -0.15) is 5.01 Å². The number of nitro benzene ring substituents is 1.